The zero-order valence-corrected chi connectivity index (χ0v) is 18.1. The highest BCUT2D eigenvalue weighted by Gasteiger charge is 2.41. The maximum atomic E-state index is 13.2. The first kappa shape index (κ1) is 23.1. The molecule has 3 atom stereocenters. The van der Waals surface area contributed by atoms with Gasteiger partial charge in [-0.15, -0.1) is 0 Å². The Morgan fingerprint density at radius 3 is 2.41 bits per heavy atom. The van der Waals surface area contributed by atoms with E-state index >= 15 is 0 Å². The monoisotopic (exact) mass is 400 g/mol. The van der Waals surface area contributed by atoms with Crippen molar-refractivity contribution in [3.63, 3.8) is 0 Å². The second kappa shape index (κ2) is 11.7. The van der Waals surface area contributed by atoms with Crippen molar-refractivity contribution in [3.8, 4) is 0 Å². The highest BCUT2D eigenvalue weighted by Crippen LogP contribution is 2.34. The molecule has 160 valence electrons. The van der Waals surface area contributed by atoms with Crippen LogP contribution in [-0.4, -0.2) is 30.2 Å². The third-order valence-electron chi connectivity index (χ3n) is 5.82. The van der Waals surface area contributed by atoms with Gasteiger partial charge in [-0.25, -0.2) is 0 Å². The number of carbonyl (C=O) groups excluding carboxylic acids is 3. The molecule has 0 saturated heterocycles. The van der Waals surface area contributed by atoms with E-state index < -0.39 is 6.04 Å². The molecule has 1 aromatic rings. The van der Waals surface area contributed by atoms with E-state index in [9.17, 15) is 14.4 Å². The fourth-order valence-corrected chi connectivity index (χ4v) is 4.10. The summed E-state index contributed by atoms with van der Waals surface area (Å²) in [7, 11) is 0. The molecule has 5 nitrogen and oxygen atoms in total. The lowest BCUT2D eigenvalue weighted by Gasteiger charge is -2.27. The highest BCUT2D eigenvalue weighted by atomic mass is 16.2. The van der Waals surface area contributed by atoms with Crippen molar-refractivity contribution in [3.05, 3.63) is 35.9 Å². The largest absolute Gasteiger partial charge is 0.356 e. The summed E-state index contributed by atoms with van der Waals surface area (Å²) in [6, 6.07) is 9.53. The molecule has 2 rings (SSSR count). The summed E-state index contributed by atoms with van der Waals surface area (Å²) in [5, 5.41) is 5.95. The van der Waals surface area contributed by atoms with Gasteiger partial charge in [-0.05, 0) is 37.2 Å². The van der Waals surface area contributed by atoms with Crippen molar-refractivity contribution in [2.24, 2.45) is 17.8 Å². The fourth-order valence-electron chi connectivity index (χ4n) is 4.10. The van der Waals surface area contributed by atoms with Crippen LogP contribution >= 0.6 is 0 Å². The van der Waals surface area contributed by atoms with Gasteiger partial charge in [0, 0.05) is 24.8 Å². The molecule has 1 unspecified atom stereocenters. The van der Waals surface area contributed by atoms with Gasteiger partial charge in [0.15, 0.2) is 5.78 Å². The molecule has 0 heterocycles. The summed E-state index contributed by atoms with van der Waals surface area (Å²) in [6.45, 7) is 6.51. The minimum Gasteiger partial charge on any atom is -0.356 e. The van der Waals surface area contributed by atoms with Crippen LogP contribution in [-0.2, 0) is 20.8 Å². The van der Waals surface area contributed by atoms with Crippen LogP contribution in [0.5, 0.6) is 0 Å². The van der Waals surface area contributed by atoms with Gasteiger partial charge < -0.3 is 10.6 Å². The topological polar surface area (TPSA) is 75.3 Å². The van der Waals surface area contributed by atoms with E-state index in [0.29, 0.717) is 13.0 Å². The van der Waals surface area contributed by atoms with Crippen molar-refractivity contribution in [1.29, 1.82) is 0 Å². The summed E-state index contributed by atoms with van der Waals surface area (Å²) in [4.78, 5) is 38.2. The maximum absolute atomic E-state index is 13.2. The van der Waals surface area contributed by atoms with Gasteiger partial charge in [0.25, 0.3) is 0 Å². The van der Waals surface area contributed by atoms with E-state index in [2.05, 4.69) is 10.6 Å². The van der Waals surface area contributed by atoms with Crippen LogP contribution in [0.15, 0.2) is 30.3 Å². The molecular weight excluding hydrogens is 364 g/mol. The van der Waals surface area contributed by atoms with E-state index in [1.807, 2.05) is 51.1 Å². The van der Waals surface area contributed by atoms with Crippen molar-refractivity contribution in [1.82, 2.24) is 10.6 Å². The van der Waals surface area contributed by atoms with Gasteiger partial charge in [0.2, 0.25) is 11.8 Å². The molecule has 0 bridgehead atoms. The van der Waals surface area contributed by atoms with Crippen molar-refractivity contribution in [2.45, 2.75) is 71.8 Å². The molecule has 0 aliphatic heterocycles. The summed E-state index contributed by atoms with van der Waals surface area (Å²) in [6.07, 6.45) is 5.33. The smallest absolute Gasteiger partial charge is 0.223 e. The van der Waals surface area contributed by atoms with Crippen molar-refractivity contribution < 1.29 is 14.4 Å². The SMILES string of the molecule is CCCCC(=O)N[C@H](C(=O)C1CCC[C@H]1C(=O)NCCc1ccccc1)C(C)C. The predicted octanol–water partition coefficient (Wildman–Crippen LogP) is 3.66. The van der Waals surface area contributed by atoms with Gasteiger partial charge in [-0.2, -0.15) is 0 Å². The van der Waals surface area contributed by atoms with E-state index in [1.165, 1.54) is 5.56 Å². The molecule has 1 fully saturated rings. The first-order valence-corrected chi connectivity index (χ1v) is 11.1. The molecule has 2 N–H and O–H groups in total. The zero-order valence-electron chi connectivity index (χ0n) is 18.1. The normalized spacial score (nSPS) is 19.7. The van der Waals surface area contributed by atoms with E-state index in [0.717, 1.165) is 38.5 Å². The summed E-state index contributed by atoms with van der Waals surface area (Å²) < 4.78 is 0. The Kier molecular flexibility index (Phi) is 9.36. The fraction of sp³-hybridized carbons (Fsp3) is 0.625. The Morgan fingerprint density at radius 1 is 1.07 bits per heavy atom. The van der Waals surface area contributed by atoms with Crippen LogP contribution in [0.3, 0.4) is 0 Å². The number of nitrogens with one attached hydrogen (secondary N) is 2. The summed E-state index contributed by atoms with van der Waals surface area (Å²) in [5.41, 5.74) is 1.18. The average Bonchev–Trinajstić information content (AvgIpc) is 3.20. The zero-order chi connectivity index (χ0) is 21.2. The quantitative estimate of drug-likeness (QED) is 0.595. The highest BCUT2D eigenvalue weighted by molar-refractivity contribution is 5.94. The third kappa shape index (κ3) is 6.98. The minimum absolute atomic E-state index is 0.00969. The first-order valence-electron chi connectivity index (χ1n) is 11.1. The number of benzene rings is 1. The Hall–Kier alpha value is -2.17. The molecule has 0 spiro atoms. The van der Waals surface area contributed by atoms with Gasteiger partial charge in [-0.1, -0.05) is 63.9 Å². The molecule has 1 aromatic carbocycles. The summed E-state index contributed by atoms with van der Waals surface area (Å²) >= 11 is 0. The van der Waals surface area contributed by atoms with E-state index in [-0.39, 0.29) is 35.4 Å². The Labute approximate surface area is 175 Å². The van der Waals surface area contributed by atoms with Crippen LogP contribution in [0.1, 0.15) is 64.9 Å². The molecule has 0 radical (unpaired) electrons. The number of hydrogen-bond donors (Lipinski definition) is 2. The molecule has 2 amide bonds. The minimum atomic E-state index is -0.512. The standard InChI is InChI=1S/C24H36N2O3/c1-4-5-14-21(27)26-22(17(2)3)23(28)19-12-9-13-20(19)24(29)25-16-15-18-10-7-6-8-11-18/h6-8,10-11,17,19-20,22H,4-5,9,12-16H2,1-3H3,(H,25,29)(H,26,27)/t19?,20-,22+/m1/s1. The van der Waals surface area contributed by atoms with Gasteiger partial charge in [-0.3, -0.25) is 14.4 Å². The van der Waals surface area contributed by atoms with Crippen LogP contribution in [0.25, 0.3) is 0 Å². The number of Topliss-reactive ketones (excluding diaryl/α,β-unsaturated/α-hetero) is 1. The van der Waals surface area contributed by atoms with Gasteiger partial charge in [0.1, 0.15) is 0 Å². The Balaban J connectivity index is 1.93. The number of ketones is 1. The molecule has 1 aliphatic rings. The number of rotatable bonds is 11. The second-order valence-corrected chi connectivity index (χ2v) is 8.47. The Morgan fingerprint density at radius 2 is 1.76 bits per heavy atom. The molecule has 1 saturated carbocycles. The van der Waals surface area contributed by atoms with E-state index in [4.69, 9.17) is 0 Å². The Bertz CT molecular complexity index is 672. The predicted molar refractivity (Wildman–Crippen MR) is 115 cm³/mol. The average molecular weight is 401 g/mol. The van der Waals surface area contributed by atoms with Gasteiger partial charge >= 0.3 is 0 Å². The van der Waals surface area contributed by atoms with Crippen LogP contribution in [0.4, 0.5) is 0 Å². The summed E-state index contributed by atoms with van der Waals surface area (Å²) in [5.74, 6) is -0.656. The van der Waals surface area contributed by atoms with Crippen molar-refractivity contribution >= 4 is 17.6 Å². The number of hydrogen-bond acceptors (Lipinski definition) is 3. The maximum Gasteiger partial charge on any atom is 0.223 e. The molecule has 1 aliphatic carbocycles. The molecule has 29 heavy (non-hydrogen) atoms. The van der Waals surface area contributed by atoms with Crippen molar-refractivity contribution in [2.75, 3.05) is 6.54 Å². The number of amides is 2. The second-order valence-electron chi connectivity index (χ2n) is 8.47. The third-order valence-corrected chi connectivity index (χ3v) is 5.82. The first-order chi connectivity index (χ1) is 13.9. The van der Waals surface area contributed by atoms with Crippen LogP contribution in [0, 0.1) is 17.8 Å². The number of unbranched alkanes of at least 4 members (excludes halogenated alkanes) is 1. The lowest BCUT2D eigenvalue weighted by Crippen LogP contribution is -2.49. The number of carbonyl (C=O) groups is 3. The lowest BCUT2D eigenvalue weighted by atomic mass is 9.84. The van der Waals surface area contributed by atoms with Gasteiger partial charge in [0.05, 0.1) is 6.04 Å². The van der Waals surface area contributed by atoms with Crippen LogP contribution in [0.2, 0.25) is 0 Å². The molecule has 0 aromatic heterocycles. The molecular formula is C24H36N2O3. The van der Waals surface area contributed by atoms with Crippen LogP contribution < -0.4 is 10.6 Å². The molecule has 5 heteroatoms. The lowest BCUT2D eigenvalue weighted by molar-refractivity contribution is -0.135. The van der Waals surface area contributed by atoms with E-state index in [1.54, 1.807) is 0 Å².